The van der Waals surface area contributed by atoms with Crippen LogP contribution in [-0.2, 0) is 17.9 Å². The van der Waals surface area contributed by atoms with E-state index in [4.69, 9.17) is 0 Å². The summed E-state index contributed by atoms with van der Waals surface area (Å²) in [5, 5.41) is 23.9. The van der Waals surface area contributed by atoms with E-state index in [1.165, 1.54) is 0 Å². The lowest BCUT2D eigenvalue weighted by Gasteiger charge is -2.08. The molecule has 2 amide bonds. The van der Waals surface area contributed by atoms with Crippen LogP contribution in [0.3, 0.4) is 0 Å². The zero-order valence-electron chi connectivity index (χ0n) is 14.8. The number of hydrogen-bond donors (Lipinski definition) is 2. The maximum absolute atomic E-state index is 12.3. The van der Waals surface area contributed by atoms with E-state index in [0.29, 0.717) is 13.1 Å². The standard InChI is InChI=1S/C15H21N7O4/c1-4-20-8-12(14(19-20)15(24)16-5-10(2)3)18-13(23)9-21-7-11(6-17-21)22(25)26/h6-8,10H,4-5,9H2,1-3H3,(H,16,24)(H,18,23). The highest BCUT2D eigenvalue weighted by atomic mass is 16.6. The van der Waals surface area contributed by atoms with Crippen molar-refractivity contribution in [1.82, 2.24) is 24.9 Å². The van der Waals surface area contributed by atoms with E-state index in [9.17, 15) is 19.7 Å². The van der Waals surface area contributed by atoms with Gasteiger partial charge in [-0.3, -0.25) is 29.1 Å². The Bertz CT molecular complexity index is 809. The molecule has 0 aromatic carbocycles. The Morgan fingerprint density at radius 2 is 2.04 bits per heavy atom. The maximum atomic E-state index is 12.3. The molecule has 0 bridgehead atoms. The predicted molar refractivity (Wildman–Crippen MR) is 92.6 cm³/mol. The summed E-state index contributed by atoms with van der Waals surface area (Å²) < 4.78 is 2.69. The van der Waals surface area contributed by atoms with Crippen molar-refractivity contribution >= 4 is 23.2 Å². The third-order valence-electron chi connectivity index (χ3n) is 3.38. The molecule has 11 nitrogen and oxygen atoms in total. The second kappa shape index (κ2) is 8.23. The van der Waals surface area contributed by atoms with Crippen molar-refractivity contribution in [2.24, 2.45) is 5.92 Å². The monoisotopic (exact) mass is 363 g/mol. The predicted octanol–water partition coefficient (Wildman–Crippen LogP) is 1.03. The molecule has 11 heteroatoms. The number of aryl methyl sites for hydroxylation is 1. The van der Waals surface area contributed by atoms with Crippen molar-refractivity contribution < 1.29 is 14.5 Å². The first kappa shape index (κ1) is 19.1. The fourth-order valence-corrected chi connectivity index (χ4v) is 2.09. The molecule has 2 rings (SSSR count). The molecule has 0 saturated heterocycles. The minimum Gasteiger partial charge on any atom is -0.350 e. The van der Waals surface area contributed by atoms with Crippen molar-refractivity contribution in [1.29, 1.82) is 0 Å². The van der Waals surface area contributed by atoms with Gasteiger partial charge in [-0.25, -0.2) is 0 Å². The minimum absolute atomic E-state index is 0.118. The van der Waals surface area contributed by atoms with Crippen LogP contribution in [0.5, 0.6) is 0 Å². The summed E-state index contributed by atoms with van der Waals surface area (Å²) in [5.41, 5.74) is 0.192. The first-order valence-electron chi connectivity index (χ1n) is 8.12. The summed E-state index contributed by atoms with van der Waals surface area (Å²) >= 11 is 0. The van der Waals surface area contributed by atoms with Gasteiger partial charge in [0, 0.05) is 19.3 Å². The van der Waals surface area contributed by atoms with Crippen LogP contribution in [0.4, 0.5) is 11.4 Å². The van der Waals surface area contributed by atoms with Gasteiger partial charge in [0.1, 0.15) is 18.9 Å². The van der Waals surface area contributed by atoms with E-state index in [2.05, 4.69) is 20.8 Å². The average Bonchev–Trinajstić information content (AvgIpc) is 3.19. The average molecular weight is 363 g/mol. The van der Waals surface area contributed by atoms with Crippen molar-refractivity contribution in [3.8, 4) is 0 Å². The number of nitro groups is 1. The molecule has 0 aliphatic heterocycles. The first-order chi connectivity index (χ1) is 12.3. The van der Waals surface area contributed by atoms with Crippen LogP contribution >= 0.6 is 0 Å². The number of nitrogens with one attached hydrogen (secondary N) is 2. The third kappa shape index (κ3) is 4.88. The fourth-order valence-electron chi connectivity index (χ4n) is 2.09. The van der Waals surface area contributed by atoms with Crippen LogP contribution in [0.1, 0.15) is 31.3 Å². The zero-order chi connectivity index (χ0) is 19.3. The van der Waals surface area contributed by atoms with Gasteiger partial charge in [-0.2, -0.15) is 10.2 Å². The summed E-state index contributed by atoms with van der Waals surface area (Å²) in [6.07, 6.45) is 3.78. The molecule has 0 fully saturated rings. The van der Waals surface area contributed by atoms with E-state index >= 15 is 0 Å². The maximum Gasteiger partial charge on any atom is 0.307 e. The molecule has 2 heterocycles. The Kier molecular flexibility index (Phi) is 6.04. The topological polar surface area (TPSA) is 137 Å². The third-order valence-corrected chi connectivity index (χ3v) is 3.38. The highest BCUT2D eigenvalue weighted by molar-refractivity contribution is 6.02. The Labute approximate surface area is 149 Å². The normalized spacial score (nSPS) is 10.8. The number of carbonyl (C=O) groups is 2. The summed E-state index contributed by atoms with van der Waals surface area (Å²) in [4.78, 5) is 34.5. The van der Waals surface area contributed by atoms with Gasteiger partial charge < -0.3 is 10.6 Å². The van der Waals surface area contributed by atoms with E-state index in [1.807, 2.05) is 20.8 Å². The van der Waals surface area contributed by atoms with Gasteiger partial charge in [-0.1, -0.05) is 13.8 Å². The van der Waals surface area contributed by atoms with Crippen LogP contribution < -0.4 is 10.6 Å². The molecule has 0 atom stereocenters. The van der Waals surface area contributed by atoms with Gasteiger partial charge >= 0.3 is 5.69 Å². The molecule has 0 saturated carbocycles. The Morgan fingerprint density at radius 3 is 2.62 bits per heavy atom. The van der Waals surface area contributed by atoms with E-state index in [1.54, 1.807) is 10.9 Å². The summed E-state index contributed by atoms with van der Waals surface area (Å²) in [7, 11) is 0. The summed E-state index contributed by atoms with van der Waals surface area (Å²) in [6.45, 7) is 6.59. The highest BCUT2D eigenvalue weighted by Gasteiger charge is 2.19. The number of aromatic nitrogens is 4. The SMILES string of the molecule is CCn1cc(NC(=O)Cn2cc([N+](=O)[O-])cn2)c(C(=O)NCC(C)C)n1. The number of carbonyl (C=O) groups excluding carboxylic acids is 2. The summed E-state index contributed by atoms with van der Waals surface area (Å²) in [5.74, 6) is -0.576. The van der Waals surface area contributed by atoms with Gasteiger partial charge in [0.15, 0.2) is 5.69 Å². The molecule has 2 N–H and O–H groups in total. The van der Waals surface area contributed by atoms with E-state index in [-0.39, 0.29) is 35.4 Å². The Morgan fingerprint density at radius 1 is 1.31 bits per heavy atom. The fraction of sp³-hybridized carbons (Fsp3) is 0.467. The van der Waals surface area contributed by atoms with Gasteiger partial charge in [0.05, 0.1) is 10.6 Å². The quantitative estimate of drug-likeness (QED) is 0.531. The molecule has 0 aliphatic carbocycles. The van der Waals surface area contributed by atoms with Crippen LogP contribution in [0, 0.1) is 16.0 Å². The van der Waals surface area contributed by atoms with Crippen molar-refractivity contribution in [2.75, 3.05) is 11.9 Å². The van der Waals surface area contributed by atoms with Crippen LogP contribution in [0.2, 0.25) is 0 Å². The second-order valence-corrected chi connectivity index (χ2v) is 6.05. The molecular formula is C15H21N7O4. The lowest BCUT2D eigenvalue weighted by molar-refractivity contribution is -0.385. The van der Waals surface area contributed by atoms with Crippen molar-refractivity contribution in [2.45, 2.75) is 33.9 Å². The molecule has 2 aromatic heterocycles. The minimum atomic E-state index is -0.593. The largest absolute Gasteiger partial charge is 0.350 e. The number of amides is 2. The van der Waals surface area contributed by atoms with E-state index in [0.717, 1.165) is 17.1 Å². The van der Waals surface area contributed by atoms with Gasteiger partial charge in [0.2, 0.25) is 5.91 Å². The summed E-state index contributed by atoms with van der Waals surface area (Å²) in [6, 6.07) is 0. The van der Waals surface area contributed by atoms with Crippen molar-refractivity contribution in [3.05, 3.63) is 34.4 Å². The molecule has 0 unspecified atom stereocenters. The lowest BCUT2D eigenvalue weighted by atomic mass is 10.2. The Hall–Kier alpha value is -3.24. The zero-order valence-corrected chi connectivity index (χ0v) is 14.8. The Balaban J connectivity index is 2.09. The molecule has 140 valence electrons. The second-order valence-electron chi connectivity index (χ2n) is 6.05. The molecular weight excluding hydrogens is 342 g/mol. The number of anilines is 1. The molecule has 26 heavy (non-hydrogen) atoms. The van der Waals surface area contributed by atoms with Gasteiger partial charge in [-0.15, -0.1) is 0 Å². The first-order valence-corrected chi connectivity index (χ1v) is 8.12. The molecule has 0 radical (unpaired) electrons. The van der Waals surface area contributed by atoms with Crippen molar-refractivity contribution in [3.63, 3.8) is 0 Å². The molecule has 0 spiro atoms. The van der Waals surface area contributed by atoms with Crippen LogP contribution in [0.25, 0.3) is 0 Å². The lowest BCUT2D eigenvalue weighted by Crippen LogP contribution is -2.29. The van der Waals surface area contributed by atoms with E-state index < -0.39 is 10.8 Å². The molecule has 0 aliphatic rings. The number of nitrogens with zero attached hydrogens (tertiary/aromatic N) is 5. The van der Waals surface area contributed by atoms with Crippen LogP contribution in [-0.4, -0.2) is 42.8 Å². The number of hydrogen-bond acceptors (Lipinski definition) is 6. The smallest absolute Gasteiger partial charge is 0.307 e. The van der Waals surface area contributed by atoms with Crippen LogP contribution in [0.15, 0.2) is 18.6 Å². The van der Waals surface area contributed by atoms with Gasteiger partial charge in [-0.05, 0) is 12.8 Å². The highest BCUT2D eigenvalue weighted by Crippen LogP contribution is 2.15. The number of rotatable bonds is 8. The van der Waals surface area contributed by atoms with Gasteiger partial charge in [0.25, 0.3) is 5.91 Å². The molecule has 2 aromatic rings.